The van der Waals surface area contributed by atoms with Gasteiger partial charge in [0.25, 0.3) is 0 Å². The normalized spacial score (nSPS) is 18.0. The molecule has 23 heavy (non-hydrogen) atoms. The number of hydrogen-bond acceptors (Lipinski definition) is 5. The predicted molar refractivity (Wildman–Crippen MR) is 91.5 cm³/mol. The summed E-state index contributed by atoms with van der Waals surface area (Å²) in [6.07, 6.45) is 3.21. The van der Waals surface area contributed by atoms with Crippen molar-refractivity contribution in [3.63, 3.8) is 0 Å². The Morgan fingerprint density at radius 1 is 1.43 bits per heavy atom. The van der Waals surface area contributed by atoms with Crippen LogP contribution >= 0.6 is 11.3 Å². The first-order valence-corrected chi connectivity index (χ1v) is 8.91. The van der Waals surface area contributed by atoms with Crippen molar-refractivity contribution in [2.45, 2.75) is 32.4 Å². The van der Waals surface area contributed by atoms with Crippen LogP contribution in [0.1, 0.15) is 46.8 Å². The van der Waals surface area contributed by atoms with E-state index in [2.05, 4.69) is 15.3 Å². The summed E-state index contributed by atoms with van der Waals surface area (Å²) in [5.74, 6) is 0.412. The Bertz CT molecular complexity index is 648. The molecule has 1 aliphatic rings. The van der Waals surface area contributed by atoms with Crippen molar-refractivity contribution in [2.75, 3.05) is 13.1 Å². The molecule has 0 aromatic carbocycles. The van der Waals surface area contributed by atoms with Crippen LogP contribution in [0.25, 0.3) is 0 Å². The van der Waals surface area contributed by atoms with Gasteiger partial charge in [-0.3, -0.25) is 14.7 Å². The second-order valence-corrected chi connectivity index (χ2v) is 7.10. The molecular weight excluding hydrogens is 308 g/mol. The Morgan fingerprint density at radius 3 is 2.83 bits per heavy atom. The number of carbonyl (C=O) groups excluding carboxylic acids is 1. The van der Waals surface area contributed by atoms with Gasteiger partial charge >= 0.3 is 0 Å². The molecule has 1 N–H and O–H groups in total. The van der Waals surface area contributed by atoms with Crippen molar-refractivity contribution in [1.82, 2.24) is 9.88 Å². The van der Waals surface area contributed by atoms with E-state index in [4.69, 9.17) is 0 Å². The molecular formula is C18H22N2O2S. The summed E-state index contributed by atoms with van der Waals surface area (Å²) in [5.41, 5.74) is 1.99. The molecule has 0 unspecified atom stereocenters. The largest absolute Gasteiger partial charge is 0.387 e. The quantitative estimate of drug-likeness (QED) is 0.855. The fraction of sp³-hybridized carbons (Fsp3) is 0.444. The first-order chi connectivity index (χ1) is 11.1. The molecule has 3 rings (SSSR count). The van der Waals surface area contributed by atoms with Gasteiger partial charge in [0.1, 0.15) is 0 Å². The number of Topliss-reactive ketones (excluding diaryl/α,β-unsaturated/α-hetero) is 1. The van der Waals surface area contributed by atoms with Gasteiger partial charge in [0.15, 0.2) is 5.78 Å². The predicted octanol–water partition coefficient (Wildman–Crippen LogP) is 3.29. The van der Waals surface area contributed by atoms with Gasteiger partial charge in [-0.15, -0.1) is 11.3 Å². The molecule has 0 bridgehead atoms. The molecule has 0 spiro atoms. The van der Waals surface area contributed by atoms with E-state index in [0.717, 1.165) is 43.0 Å². The van der Waals surface area contributed by atoms with Crippen LogP contribution < -0.4 is 0 Å². The number of ketones is 1. The third kappa shape index (κ3) is 4.05. The van der Waals surface area contributed by atoms with E-state index in [1.807, 2.05) is 24.3 Å². The van der Waals surface area contributed by atoms with Crippen LogP contribution in [0.15, 0.2) is 35.8 Å². The summed E-state index contributed by atoms with van der Waals surface area (Å²) < 4.78 is 0. The number of carbonyl (C=O) groups is 1. The number of likely N-dealkylation sites (tertiary alicyclic amines) is 1. The number of thiophene rings is 1. The number of piperidine rings is 1. The number of aliphatic hydroxyl groups excluding tert-OH is 1. The average molecular weight is 330 g/mol. The third-order valence-electron chi connectivity index (χ3n) is 4.48. The molecule has 122 valence electrons. The van der Waals surface area contributed by atoms with E-state index >= 15 is 0 Å². The first-order valence-electron chi connectivity index (χ1n) is 8.03. The standard InChI is InChI=1S/C18H22N2O2S/c1-13(21)17-10-14(12-23-17)11-20-8-5-15(6-9-20)18(22)16-4-2-3-7-19-16/h2-4,7,10,12,15,18,22H,5-6,8-9,11H2,1H3/t18-/m1/s1. The molecule has 4 nitrogen and oxygen atoms in total. The summed E-state index contributed by atoms with van der Waals surface area (Å²) in [6.45, 7) is 4.44. The Balaban J connectivity index is 1.53. The molecule has 1 saturated heterocycles. The van der Waals surface area contributed by atoms with Crippen LogP contribution in [0.4, 0.5) is 0 Å². The SMILES string of the molecule is CC(=O)c1cc(CN2CCC([C@@H](O)c3ccccn3)CC2)cs1. The molecule has 1 fully saturated rings. The Kier molecular flexibility index (Phi) is 5.20. The van der Waals surface area contributed by atoms with Crippen LogP contribution in [0.3, 0.4) is 0 Å². The summed E-state index contributed by atoms with van der Waals surface area (Å²) in [6, 6.07) is 7.69. The molecule has 0 aliphatic carbocycles. The fourth-order valence-corrected chi connectivity index (χ4v) is 3.93. The zero-order chi connectivity index (χ0) is 16.2. The topological polar surface area (TPSA) is 53.4 Å². The zero-order valence-corrected chi connectivity index (χ0v) is 14.1. The molecule has 0 radical (unpaired) electrons. The van der Waals surface area contributed by atoms with Crippen molar-refractivity contribution in [2.24, 2.45) is 5.92 Å². The minimum Gasteiger partial charge on any atom is -0.387 e. The maximum atomic E-state index is 11.4. The molecule has 5 heteroatoms. The van der Waals surface area contributed by atoms with Crippen LogP contribution in [-0.2, 0) is 6.54 Å². The van der Waals surface area contributed by atoms with Gasteiger partial charge in [-0.25, -0.2) is 0 Å². The Morgan fingerprint density at radius 2 is 2.22 bits per heavy atom. The highest BCUT2D eigenvalue weighted by Crippen LogP contribution is 2.30. The van der Waals surface area contributed by atoms with Gasteiger partial charge < -0.3 is 5.11 Å². The molecule has 1 aliphatic heterocycles. The monoisotopic (exact) mass is 330 g/mol. The summed E-state index contributed by atoms with van der Waals surface area (Å²) >= 11 is 1.52. The van der Waals surface area contributed by atoms with Gasteiger partial charge in [0, 0.05) is 12.7 Å². The maximum absolute atomic E-state index is 11.4. The second kappa shape index (κ2) is 7.34. The van der Waals surface area contributed by atoms with Crippen molar-refractivity contribution in [3.05, 3.63) is 52.0 Å². The number of nitrogens with zero attached hydrogens (tertiary/aromatic N) is 2. The summed E-state index contributed by atoms with van der Waals surface area (Å²) in [4.78, 5) is 18.9. The van der Waals surface area contributed by atoms with Gasteiger partial charge in [0.05, 0.1) is 16.7 Å². The van der Waals surface area contributed by atoms with Crippen molar-refractivity contribution < 1.29 is 9.90 Å². The van der Waals surface area contributed by atoms with Crippen LogP contribution in [0.2, 0.25) is 0 Å². The van der Waals surface area contributed by atoms with Crippen molar-refractivity contribution in [1.29, 1.82) is 0 Å². The number of aliphatic hydroxyl groups is 1. The van der Waals surface area contributed by atoms with Crippen LogP contribution in [-0.4, -0.2) is 33.9 Å². The summed E-state index contributed by atoms with van der Waals surface area (Å²) in [7, 11) is 0. The van der Waals surface area contributed by atoms with Crippen molar-refractivity contribution in [3.8, 4) is 0 Å². The Labute approximate surface area is 140 Å². The molecule has 3 heterocycles. The third-order valence-corrected chi connectivity index (χ3v) is 5.56. The minimum absolute atomic E-state index is 0.137. The highest BCUT2D eigenvalue weighted by Gasteiger charge is 2.27. The van der Waals surface area contributed by atoms with E-state index in [1.54, 1.807) is 13.1 Å². The minimum atomic E-state index is -0.469. The average Bonchev–Trinajstić information content (AvgIpc) is 3.04. The highest BCUT2D eigenvalue weighted by molar-refractivity contribution is 7.12. The van der Waals surface area contributed by atoms with E-state index < -0.39 is 6.10 Å². The molecule has 2 aromatic heterocycles. The lowest BCUT2D eigenvalue weighted by Crippen LogP contribution is -2.35. The van der Waals surface area contributed by atoms with Gasteiger partial charge in [-0.05, 0) is 67.9 Å². The van der Waals surface area contributed by atoms with E-state index in [0.29, 0.717) is 0 Å². The van der Waals surface area contributed by atoms with E-state index in [-0.39, 0.29) is 11.7 Å². The molecule has 0 saturated carbocycles. The van der Waals surface area contributed by atoms with Crippen LogP contribution in [0.5, 0.6) is 0 Å². The first kappa shape index (κ1) is 16.3. The second-order valence-electron chi connectivity index (χ2n) is 6.19. The number of hydrogen-bond donors (Lipinski definition) is 1. The van der Waals surface area contributed by atoms with Gasteiger partial charge in [0.2, 0.25) is 0 Å². The maximum Gasteiger partial charge on any atom is 0.169 e. The molecule has 2 aromatic rings. The Hall–Kier alpha value is -1.56. The fourth-order valence-electron chi connectivity index (χ4n) is 3.12. The molecule has 1 atom stereocenters. The number of rotatable bonds is 5. The van der Waals surface area contributed by atoms with E-state index in [9.17, 15) is 9.90 Å². The van der Waals surface area contributed by atoms with Gasteiger partial charge in [-0.2, -0.15) is 0 Å². The summed E-state index contributed by atoms with van der Waals surface area (Å²) in [5, 5.41) is 12.5. The number of pyridine rings is 1. The number of aromatic nitrogens is 1. The van der Waals surface area contributed by atoms with E-state index in [1.165, 1.54) is 16.9 Å². The lowest BCUT2D eigenvalue weighted by atomic mass is 9.89. The zero-order valence-electron chi connectivity index (χ0n) is 13.3. The lowest BCUT2D eigenvalue weighted by molar-refractivity contribution is 0.0540. The lowest BCUT2D eigenvalue weighted by Gasteiger charge is -2.33. The smallest absolute Gasteiger partial charge is 0.169 e. The van der Waals surface area contributed by atoms with Gasteiger partial charge in [-0.1, -0.05) is 6.07 Å². The van der Waals surface area contributed by atoms with Crippen molar-refractivity contribution >= 4 is 17.1 Å². The highest BCUT2D eigenvalue weighted by atomic mass is 32.1. The van der Waals surface area contributed by atoms with Crippen LogP contribution in [0, 0.1) is 5.92 Å². The molecule has 0 amide bonds.